The average Bonchev–Trinajstić information content (AvgIpc) is 3.07. The maximum absolute atomic E-state index is 12.7. The Kier molecular flexibility index (Phi) is 38.5. The predicted molar refractivity (Wildman–Crippen MR) is 209 cm³/mol. The number of unbranched alkanes of at least 4 members (excludes halogenated alkanes) is 26. The fraction of sp³-hybridized carbons (Fsp3) is 0.864. The summed E-state index contributed by atoms with van der Waals surface area (Å²) in [6, 6.07) is 0. The molecule has 0 saturated heterocycles. The first-order chi connectivity index (χ1) is 23.6. The summed E-state index contributed by atoms with van der Waals surface area (Å²) in [5.74, 6) is -0.655. The van der Waals surface area contributed by atoms with Crippen molar-refractivity contribution in [2.75, 3.05) is 0 Å². The van der Waals surface area contributed by atoms with Crippen LogP contribution < -0.4 is 0 Å². The molecule has 0 aromatic heterocycles. The van der Waals surface area contributed by atoms with Gasteiger partial charge in [-0.1, -0.05) is 179 Å². The summed E-state index contributed by atoms with van der Waals surface area (Å²) >= 11 is 0. The van der Waals surface area contributed by atoms with Gasteiger partial charge in [-0.05, 0) is 70.6 Å². The lowest BCUT2D eigenvalue weighted by atomic mass is 10.0. The summed E-state index contributed by atoms with van der Waals surface area (Å²) in [7, 11) is 0. The molecule has 0 aliphatic rings. The van der Waals surface area contributed by atoms with Crippen molar-refractivity contribution >= 4 is 11.9 Å². The average molecular weight is 675 g/mol. The molecule has 0 spiro atoms. The van der Waals surface area contributed by atoms with Crippen LogP contribution in [-0.2, 0) is 14.3 Å². The SMILES string of the molecule is CCCCC/C=C\C/C=C\CCCCCCCCCCCC(=O)OC(CCCCCCCCCC)CCCCCCCCCCC(=O)O. The Hall–Kier alpha value is -1.58. The van der Waals surface area contributed by atoms with Crippen LogP contribution in [0.5, 0.6) is 0 Å². The Morgan fingerprint density at radius 1 is 0.458 bits per heavy atom. The van der Waals surface area contributed by atoms with Crippen LogP contribution in [0.2, 0.25) is 0 Å². The van der Waals surface area contributed by atoms with Gasteiger partial charge in [-0.2, -0.15) is 0 Å². The van der Waals surface area contributed by atoms with Crippen molar-refractivity contribution in [2.45, 2.75) is 245 Å². The van der Waals surface area contributed by atoms with Gasteiger partial charge in [-0.15, -0.1) is 0 Å². The van der Waals surface area contributed by atoms with Gasteiger partial charge in [-0.3, -0.25) is 9.59 Å². The van der Waals surface area contributed by atoms with E-state index in [1.807, 2.05) is 0 Å². The number of hydrogen-bond acceptors (Lipinski definition) is 3. The molecule has 4 nitrogen and oxygen atoms in total. The second kappa shape index (κ2) is 39.9. The molecular formula is C44H82O4. The van der Waals surface area contributed by atoms with E-state index in [-0.39, 0.29) is 12.1 Å². The number of aliphatic carboxylic acids is 1. The fourth-order valence-corrected chi connectivity index (χ4v) is 6.51. The predicted octanol–water partition coefficient (Wildman–Crippen LogP) is 14.8. The number of allylic oxidation sites excluding steroid dienone is 4. The van der Waals surface area contributed by atoms with Crippen LogP contribution in [0.3, 0.4) is 0 Å². The van der Waals surface area contributed by atoms with Crippen molar-refractivity contribution in [2.24, 2.45) is 0 Å². The molecular weight excluding hydrogens is 592 g/mol. The van der Waals surface area contributed by atoms with E-state index in [9.17, 15) is 9.59 Å². The molecule has 0 aromatic rings. The highest BCUT2D eigenvalue weighted by Gasteiger charge is 2.14. The van der Waals surface area contributed by atoms with Crippen molar-refractivity contribution in [3.8, 4) is 0 Å². The highest BCUT2D eigenvalue weighted by molar-refractivity contribution is 5.69. The molecule has 0 radical (unpaired) electrons. The Morgan fingerprint density at radius 3 is 1.27 bits per heavy atom. The molecule has 0 bridgehead atoms. The van der Waals surface area contributed by atoms with E-state index in [0.717, 1.165) is 57.8 Å². The van der Waals surface area contributed by atoms with Crippen molar-refractivity contribution < 1.29 is 19.4 Å². The monoisotopic (exact) mass is 675 g/mol. The van der Waals surface area contributed by atoms with E-state index in [2.05, 4.69) is 38.2 Å². The molecule has 48 heavy (non-hydrogen) atoms. The summed E-state index contributed by atoms with van der Waals surface area (Å²) in [5.41, 5.74) is 0. The number of carboxylic acid groups (broad SMARTS) is 1. The van der Waals surface area contributed by atoms with E-state index in [1.54, 1.807) is 0 Å². The molecule has 0 saturated carbocycles. The molecule has 0 fully saturated rings. The van der Waals surface area contributed by atoms with Crippen LogP contribution >= 0.6 is 0 Å². The third-order valence-electron chi connectivity index (χ3n) is 9.68. The molecule has 0 aliphatic carbocycles. The minimum atomic E-state index is -0.681. The standard InChI is InChI=1S/C44H82O4/c1-3-5-7-9-11-13-14-15-16-17-18-19-20-21-22-23-29-33-37-41-44(47)48-42(38-34-30-26-12-10-8-6-4-2)39-35-31-27-24-25-28-32-36-40-43(45)46/h11,13,15-16,42H,3-10,12,14,17-41H2,1-2H3,(H,45,46)/b13-11-,16-15-. The number of hydrogen-bond donors (Lipinski definition) is 1. The second-order valence-corrected chi connectivity index (χ2v) is 14.5. The molecule has 0 rings (SSSR count). The van der Waals surface area contributed by atoms with Gasteiger partial charge in [0.2, 0.25) is 0 Å². The van der Waals surface area contributed by atoms with Gasteiger partial charge in [0.15, 0.2) is 0 Å². The maximum atomic E-state index is 12.7. The van der Waals surface area contributed by atoms with Crippen LogP contribution in [0.4, 0.5) is 0 Å². The van der Waals surface area contributed by atoms with Crippen LogP contribution in [0.25, 0.3) is 0 Å². The van der Waals surface area contributed by atoms with Crippen LogP contribution in [0.15, 0.2) is 24.3 Å². The van der Waals surface area contributed by atoms with Crippen LogP contribution in [0.1, 0.15) is 239 Å². The topological polar surface area (TPSA) is 63.6 Å². The highest BCUT2D eigenvalue weighted by atomic mass is 16.5. The van der Waals surface area contributed by atoms with Crippen molar-refractivity contribution in [1.29, 1.82) is 0 Å². The zero-order valence-corrected chi connectivity index (χ0v) is 32.3. The Balaban J connectivity index is 3.95. The van der Waals surface area contributed by atoms with Crippen molar-refractivity contribution in [1.82, 2.24) is 0 Å². The summed E-state index contributed by atoms with van der Waals surface area (Å²) in [6.45, 7) is 4.53. The van der Waals surface area contributed by atoms with E-state index in [4.69, 9.17) is 9.84 Å². The lowest BCUT2D eigenvalue weighted by Gasteiger charge is -2.18. The van der Waals surface area contributed by atoms with Gasteiger partial charge in [0.25, 0.3) is 0 Å². The first kappa shape index (κ1) is 46.4. The highest BCUT2D eigenvalue weighted by Crippen LogP contribution is 2.19. The van der Waals surface area contributed by atoms with Crippen molar-refractivity contribution in [3.05, 3.63) is 24.3 Å². The molecule has 0 amide bonds. The van der Waals surface area contributed by atoms with E-state index in [1.165, 1.54) is 154 Å². The summed E-state index contributed by atoms with van der Waals surface area (Å²) in [5, 5.41) is 8.75. The molecule has 1 atom stereocenters. The number of rotatable bonds is 39. The van der Waals surface area contributed by atoms with E-state index >= 15 is 0 Å². The van der Waals surface area contributed by atoms with Gasteiger partial charge in [0, 0.05) is 12.8 Å². The molecule has 1 unspecified atom stereocenters. The fourth-order valence-electron chi connectivity index (χ4n) is 6.51. The third kappa shape index (κ3) is 38.9. The quantitative estimate of drug-likeness (QED) is 0.0400. The number of ether oxygens (including phenoxy) is 1. The van der Waals surface area contributed by atoms with Crippen LogP contribution in [0, 0.1) is 0 Å². The molecule has 0 aliphatic heterocycles. The van der Waals surface area contributed by atoms with Gasteiger partial charge in [0.1, 0.15) is 6.10 Å². The van der Waals surface area contributed by atoms with Gasteiger partial charge >= 0.3 is 11.9 Å². The van der Waals surface area contributed by atoms with E-state index in [0.29, 0.717) is 12.8 Å². The minimum absolute atomic E-state index is 0.0259. The number of esters is 1. The molecule has 4 heteroatoms. The molecule has 282 valence electrons. The van der Waals surface area contributed by atoms with Gasteiger partial charge in [-0.25, -0.2) is 0 Å². The molecule has 0 heterocycles. The summed E-state index contributed by atoms with van der Waals surface area (Å²) in [4.78, 5) is 23.3. The second-order valence-electron chi connectivity index (χ2n) is 14.5. The zero-order valence-electron chi connectivity index (χ0n) is 32.3. The summed E-state index contributed by atoms with van der Waals surface area (Å²) < 4.78 is 6.04. The summed E-state index contributed by atoms with van der Waals surface area (Å²) in [6.07, 6.45) is 50.7. The molecule has 1 N–H and O–H groups in total. The molecule has 0 aromatic carbocycles. The lowest BCUT2D eigenvalue weighted by Crippen LogP contribution is -2.18. The zero-order chi connectivity index (χ0) is 35.0. The van der Waals surface area contributed by atoms with E-state index < -0.39 is 5.97 Å². The number of carbonyl (C=O) groups excluding carboxylic acids is 1. The normalized spacial score (nSPS) is 12.4. The Bertz CT molecular complexity index is 727. The van der Waals surface area contributed by atoms with Gasteiger partial charge < -0.3 is 9.84 Å². The minimum Gasteiger partial charge on any atom is -0.481 e. The first-order valence-corrected chi connectivity index (χ1v) is 21.3. The van der Waals surface area contributed by atoms with Gasteiger partial charge in [0.05, 0.1) is 0 Å². The maximum Gasteiger partial charge on any atom is 0.306 e. The van der Waals surface area contributed by atoms with Crippen molar-refractivity contribution in [3.63, 3.8) is 0 Å². The lowest BCUT2D eigenvalue weighted by molar-refractivity contribution is -0.150. The largest absolute Gasteiger partial charge is 0.481 e. The Morgan fingerprint density at radius 2 is 0.812 bits per heavy atom. The van der Waals surface area contributed by atoms with Crippen LogP contribution in [-0.4, -0.2) is 23.1 Å². The smallest absolute Gasteiger partial charge is 0.306 e. The first-order valence-electron chi connectivity index (χ1n) is 21.3. The number of carbonyl (C=O) groups is 2. The number of carboxylic acids is 1. The Labute approximate surface area is 299 Å². The third-order valence-corrected chi connectivity index (χ3v) is 9.68.